The third kappa shape index (κ3) is 2.91. The van der Waals surface area contributed by atoms with E-state index in [1.807, 2.05) is 0 Å². The van der Waals surface area contributed by atoms with Crippen LogP contribution in [0.3, 0.4) is 0 Å². The molecular formula is C17H17Br. The van der Waals surface area contributed by atoms with E-state index < -0.39 is 0 Å². The third-order valence-electron chi connectivity index (χ3n) is 3.00. The van der Waals surface area contributed by atoms with Crippen molar-refractivity contribution >= 4 is 15.9 Å². The monoisotopic (exact) mass is 300 g/mol. The van der Waals surface area contributed by atoms with Crippen LogP contribution in [-0.2, 0) is 0 Å². The van der Waals surface area contributed by atoms with Gasteiger partial charge in [-0.25, -0.2) is 0 Å². The minimum Gasteiger partial charge on any atom is -0.0653 e. The van der Waals surface area contributed by atoms with Crippen LogP contribution in [0.5, 0.6) is 0 Å². The summed E-state index contributed by atoms with van der Waals surface area (Å²) < 4.78 is 1.25. The summed E-state index contributed by atoms with van der Waals surface area (Å²) in [6, 6.07) is 21.2. The summed E-state index contributed by atoms with van der Waals surface area (Å²) in [5.41, 5.74) is 3.95. The lowest BCUT2D eigenvalue weighted by atomic mass is 9.90. The van der Waals surface area contributed by atoms with Crippen LogP contribution in [-0.4, -0.2) is 0 Å². The average molecular weight is 301 g/mol. The molecule has 0 heterocycles. The van der Waals surface area contributed by atoms with Crippen molar-refractivity contribution in [2.24, 2.45) is 0 Å². The minimum absolute atomic E-state index is 0.289. The van der Waals surface area contributed by atoms with Crippen molar-refractivity contribution in [1.29, 1.82) is 0 Å². The number of allylic oxidation sites excluding steroid dienone is 2. The van der Waals surface area contributed by atoms with Gasteiger partial charge in [-0.2, -0.15) is 0 Å². The van der Waals surface area contributed by atoms with Crippen LogP contribution in [0.2, 0.25) is 0 Å². The van der Waals surface area contributed by atoms with E-state index >= 15 is 0 Å². The maximum atomic E-state index is 3.76. The van der Waals surface area contributed by atoms with E-state index in [1.165, 1.54) is 21.2 Å². The van der Waals surface area contributed by atoms with E-state index in [1.54, 1.807) is 0 Å². The van der Waals surface area contributed by atoms with Gasteiger partial charge in [-0.1, -0.05) is 82.2 Å². The molecule has 2 aromatic rings. The Morgan fingerprint density at radius 2 is 1.17 bits per heavy atom. The molecule has 0 spiro atoms. The van der Waals surface area contributed by atoms with Gasteiger partial charge in [0, 0.05) is 10.4 Å². The van der Waals surface area contributed by atoms with Crippen LogP contribution >= 0.6 is 15.9 Å². The molecule has 0 N–H and O–H groups in total. The number of halogens is 1. The van der Waals surface area contributed by atoms with Gasteiger partial charge in [-0.3, -0.25) is 0 Å². The van der Waals surface area contributed by atoms with Crippen molar-refractivity contribution in [3.05, 3.63) is 81.8 Å². The van der Waals surface area contributed by atoms with E-state index in [4.69, 9.17) is 0 Å². The highest BCUT2D eigenvalue weighted by Crippen LogP contribution is 2.36. The van der Waals surface area contributed by atoms with Crippen molar-refractivity contribution in [2.75, 3.05) is 0 Å². The van der Waals surface area contributed by atoms with E-state index in [0.29, 0.717) is 0 Å². The second-order valence-corrected chi connectivity index (χ2v) is 5.46. The van der Waals surface area contributed by atoms with E-state index in [-0.39, 0.29) is 5.92 Å². The SMILES string of the molecule is CC(C)=C(Br)C(c1ccccc1)c1ccccc1. The molecule has 0 radical (unpaired) electrons. The zero-order chi connectivity index (χ0) is 13.0. The fourth-order valence-corrected chi connectivity index (χ4v) is 2.59. The van der Waals surface area contributed by atoms with Crippen LogP contribution in [0.1, 0.15) is 30.9 Å². The van der Waals surface area contributed by atoms with E-state index in [9.17, 15) is 0 Å². The summed E-state index contributed by atoms with van der Waals surface area (Å²) in [6.07, 6.45) is 0. The van der Waals surface area contributed by atoms with Crippen LogP contribution in [0.15, 0.2) is 70.7 Å². The fraction of sp³-hybridized carbons (Fsp3) is 0.176. The van der Waals surface area contributed by atoms with Crippen LogP contribution in [0, 0.1) is 0 Å². The molecule has 2 rings (SSSR count). The Hall–Kier alpha value is -1.34. The molecular weight excluding hydrogens is 284 g/mol. The molecule has 1 heteroatoms. The van der Waals surface area contributed by atoms with Crippen molar-refractivity contribution in [3.8, 4) is 0 Å². The standard InChI is InChI=1S/C17H17Br/c1-13(2)17(18)16(14-9-5-3-6-10-14)15-11-7-4-8-12-15/h3-12,16H,1-2H3. The topological polar surface area (TPSA) is 0 Å². The largest absolute Gasteiger partial charge is 0.0653 e. The van der Waals surface area contributed by atoms with Crippen LogP contribution in [0.4, 0.5) is 0 Å². The molecule has 0 saturated carbocycles. The molecule has 0 nitrogen and oxygen atoms in total. The Kier molecular flexibility index (Phi) is 4.38. The number of rotatable bonds is 3. The second kappa shape index (κ2) is 6.01. The molecule has 0 aliphatic heterocycles. The highest BCUT2D eigenvalue weighted by atomic mass is 79.9. The fourth-order valence-electron chi connectivity index (χ4n) is 2.06. The molecule has 18 heavy (non-hydrogen) atoms. The lowest BCUT2D eigenvalue weighted by Crippen LogP contribution is -2.02. The molecule has 0 fully saturated rings. The predicted octanol–water partition coefficient (Wildman–Crippen LogP) is 5.51. The first-order valence-corrected chi connectivity index (χ1v) is 6.92. The van der Waals surface area contributed by atoms with Gasteiger partial charge in [0.05, 0.1) is 0 Å². The number of hydrogen-bond acceptors (Lipinski definition) is 0. The van der Waals surface area contributed by atoms with Gasteiger partial charge in [0.2, 0.25) is 0 Å². The molecule has 0 atom stereocenters. The molecule has 0 aliphatic carbocycles. The molecule has 0 aliphatic rings. The van der Waals surface area contributed by atoms with Crippen LogP contribution in [0.25, 0.3) is 0 Å². The summed E-state index contributed by atoms with van der Waals surface area (Å²) in [6.45, 7) is 4.28. The van der Waals surface area contributed by atoms with Crippen molar-refractivity contribution in [3.63, 3.8) is 0 Å². The van der Waals surface area contributed by atoms with Crippen LogP contribution < -0.4 is 0 Å². The molecule has 0 amide bonds. The Bertz CT molecular complexity index is 483. The van der Waals surface area contributed by atoms with Crippen molar-refractivity contribution in [1.82, 2.24) is 0 Å². The first-order valence-electron chi connectivity index (χ1n) is 6.13. The van der Waals surface area contributed by atoms with Gasteiger partial charge < -0.3 is 0 Å². The lowest BCUT2D eigenvalue weighted by molar-refractivity contribution is 0.993. The third-order valence-corrected chi connectivity index (χ3v) is 4.25. The average Bonchev–Trinajstić information content (AvgIpc) is 2.41. The highest BCUT2D eigenvalue weighted by Gasteiger charge is 2.17. The molecule has 0 aromatic heterocycles. The Balaban J connectivity index is 2.53. The van der Waals surface area contributed by atoms with Gasteiger partial charge in [0.1, 0.15) is 0 Å². The molecule has 0 bridgehead atoms. The Morgan fingerprint density at radius 3 is 1.50 bits per heavy atom. The predicted molar refractivity (Wildman–Crippen MR) is 82.0 cm³/mol. The normalized spacial score (nSPS) is 10.4. The van der Waals surface area contributed by atoms with E-state index in [2.05, 4.69) is 90.4 Å². The van der Waals surface area contributed by atoms with Gasteiger partial charge in [-0.05, 0) is 25.0 Å². The molecule has 0 saturated heterocycles. The summed E-state index contributed by atoms with van der Waals surface area (Å²) in [5, 5.41) is 0. The molecule has 92 valence electrons. The van der Waals surface area contributed by atoms with Gasteiger partial charge in [0.15, 0.2) is 0 Å². The van der Waals surface area contributed by atoms with Crippen molar-refractivity contribution in [2.45, 2.75) is 19.8 Å². The van der Waals surface area contributed by atoms with Gasteiger partial charge in [0.25, 0.3) is 0 Å². The molecule has 0 unspecified atom stereocenters. The molecule has 2 aromatic carbocycles. The number of benzene rings is 2. The summed E-state index contributed by atoms with van der Waals surface area (Å²) in [7, 11) is 0. The van der Waals surface area contributed by atoms with Crippen molar-refractivity contribution < 1.29 is 0 Å². The first-order chi connectivity index (χ1) is 8.70. The maximum Gasteiger partial charge on any atom is 0.0405 e. The summed E-state index contributed by atoms with van der Waals surface area (Å²) >= 11 is 3.76. The number of hydrogen-bond donors (Lipinski definition) is 0. The van der Waals surface area contributed by atoms with E-state index in [0.717, 1.165) is 0 Å². The first kappa shape index (κ1) is 13.1. The van der Waals surface area contributed by atoms with Gasteiger partial charge in [-0.15, -0.1) is 0 Å². The maximum absolute atomic E-state index is 3.76. The zero-order valence-corrected chi connectivity index (χ0v) is 12.3. The highest BCUT2D eigenvalue weighted by molar-refractivity contribution is 9.11. The lowest BCUT2D eigenvalue weighted by Gasteiger charge is -2.19. The Morgan fingerprint density at radius 1 is 0.778 bits per heavy atom. The smallest absolute Gasteiger partial charge is 0.0405 e. The Labute approximate surface area is 117 Å². The quantitative estimate of drug-likeness (QED) is 0.701. The zero-order valence-electron chi connectivity index (χ0n) is 10.7. The second-order valence-electron chi connectivity index (χ2n) is 4.60. The summed E-state index contributed by atoms with van der Waals surface area (Å²) in [5.74, 6) is 0.289. The summed E-state index contributed by atoms with van der Waals surface area (Å²) in [4.78, 5) is 0. The minimum atomic E-state index is 0.289. The van der Waals surface area contributed by atoms with Gasteiger partial charge >= 0.3 is 0 Å².